The molecule has 3 N–H and O–H groups in total. The van der Waals surface area contributed by atoms with Crippen LogP contribution in [0.3, 0.4) is 0 Å². The molecule has 6 nitrogen and oxygen atoms in total. The zero-order chi connectivity index (χ0) is 26.3. The Hall–Kier alpha value is -0.850. The van der Waals surface area contributed by atoms with Crippen molar-refractivity contribution in [2.75, 3.05) is 20.8 Å². The van der Waals surface area contributed by atoms with Crippen molar-refractivity contribution in [2.45, 2.75) is 111 Å². The third-order valence-electron chi connectivity index (χ3n) is 13.5. The fourth-order valence-corrected chi connectivity index (χ4v) is 11.4. The van der Waals surface area contributed by atoms with Crippen molar-refractivity contribution in [1.29, 1.82) is 0 Å². The summed E-state index contributed by atoms with van der Waals surface area (Å²) in [5, 5.41) is 25.5. The van der Waals surface area contributed by atoms with Gasteiger partial charge in [-0.05, 0) is 103 Å². The third-order valence-corrected chi connectivity index (χ3v) is 13.5. The number of carbonyl (C=O) groups is 1. The molecule has 36 heavy (non-hydrogen) atoms. The minimum absolute atomic E-state index is 0.00683. The van der Waals surface area contributed by atoms with Gasteiger partial charge in [0, 0.05) is 19.1 Å². The monoisotopic (exact) mass is 505 g/mol. The van der Waals surface area contributed by atoms with E-state index in [0.29, 0.717) is 41.0 Å². The summed E-state index contributed by atoms with van der Waals surface area (Å²) in [6, 6.07) is 0. The van der Waals surface area contributed by atoms with Crippen LogP contribution in [-0.4, -0.2) is 55.4 Å². The largest absolute Gasteiger partial charge is 0.453 e. The van der Waals surface area contributed by atoms with Gasteiger partial charge in [-0.2, -0.15) is 0 Å². The van der Waals surface area contributed by atoms with Crippen molar-refractivity contribution in [3.8, 4) is 0 Å². The molecule has 0 aromatic rings. The van der Waals surface area contributed by atoms with Crippen LogP contribution in [0.4, 0.5) is 4.79 Å². The number of alkyl carbamates (subject to hydrolysis) is 1. The molecule has 2 spiro atoms. The van der Waals surface area contributed by atoms with Gasteiger partial charge < -0.3 is 25.0 Å². The molecular weight excluding hydrogens is 454 g/mol. The first-order valence-corrected chi connectivity index (χ1v) is 14.5. The van der Waals surface area contributed by atoms with E-state index in [1.165, 1.54) is 45.6 Å². The molecule has 0 radical (unpaired) electrons. The summed E-state index contributed by atoms with van der Waals surface area (Å²) >= 11 is 0. The first-order chi connectivity index (χ1) is 16.8. The van der Waals surface area contributed by atoms with Crippen molar-refractivity contribution in [3.63, 3.8) is 0 Å². The summed E-state index contributed by atoms with van der Waals surface area (Å²) in [7, 11) is 3.09. The Bertz CT molecular complexity index is 877. The average molecular weight is 506 g/mol. The van der Waals surface area contributed by atoms with Gasteiger partial charge in [-0.1, -0.05) is 34.6 Å². The quantitative estimate of drug-likeness (QED) is 0.464. The Balaban J connectivity index is 1.38. The molecule has 11 atom stereocenters. The predicted octanol–water partition coefficient (Wildman–Crippen LogP) is 5.15. The second kappa shape index (κ2) is 8.58. The van der Waals surface area contributed by atoms with E-state index in [4.69, 9.17) is 9.47 Å². The molecule has 5 rings (SSSR count). The van der Waals surface area contributed by atoms with Crippen LogP contribution in [0.25, 0.3) is 0 Å². The van der Waals surface area contributed by atoms with Crippen molar-refractivity contribution < 1.29 is 24.5 Å². The first-order valence-electron chi connectivity index (χ1n) is 14.5. The topological polar surface area (TPSA) is 88.0 Å². The summed E-state index contributed by atoms with van der Waals surface area (Å²) in [6.07, 6.45) is 9.04. The molecule has 0 aliphatic heterocycles. The zero-order valence-electron chi connectivity index (χ0n) is 23.7. The van der Waals surface area contributed by atoms with Gasteiger partial charge in [-0.3, -0.25) is 0 Å². The van der Waals surface area contributed by atoms with E-state index in [2.05, 4.69) is 39.9 Å². The van der Waals surface area contributed by atoms with E-state index < -0.39 is 6.09 Å². The van der Waals surface area contributed by atoms with Crippen LogP contribution in [0.1, 0.15) is 92.4 Å². The fourth-order valence-electron chi connectivity index (χ4n) is 11.4. The Morgan fingerprint density at radius 2 is 1.64 bits per heavy atom. The smallest absolute Gasteiger partial charge is 0.406 e. The lowest BCUT2D eigenvalue weighted by Crippen LogP contribution is -2.59. The molecule has 1 amide bonds. The summed E-state index contributed by atoms with van der Waals surface area (Å²) in [5.74, 6) is 1.99. The molecule has 5 aliphatic carbocycles. The van der Waals surface area contributed by atoms with Gasteiger partial charge in [-0.15, -0.1) is 0 Å². The molecule has 5 saturated carbocycles. The standard InChI is InChI=1S/C30H51NO5/c1-18(14-19(35-6)16-31-25(34)36-7)20-15-24(33)28(5)22-9-8-21-26(2,3)23(32)10-11-29(21)17-30(22,29)13-12-27(20,28)4/h18-24,32-33H,8-17H2,1-7H3,(H,31,34)/t18-,19?,20-,21+,22?,23+,24+,27-,28-,29-,30?/m1/s1. The van der Waals surface area contributed by atoms with Crippen LogP contribution in [-0.2, 0) is 9.47 Å². The molecule has 0 heterocycles. The number of nitrogens with one attached hydrogen (secondary N) is 1. The van der Waals surface area contributed by atoms with Gasteiger partial charge in [0.2, 0.25) is 0 Å². The van der Waals surface area contributed by atoms with Crippen LogP contribution in [0.5, 0.6) is 0 Å². The van der Waals surface area contributed by atoms with Gasteiger partial charge in [-0.25, -0.2) is 4.79 Å². The number of hydrogen-bond acceptors (Lipinski definition) is 5. The lowest BCUT2D eigenvalue weighted by molar-refractivity contribution is -0.182. The Morgan fingerprint density at radius 3 is 2.31 bits per heavy atom. The summed E-state index contributed by atoms with van der Waals surface area (Å²) in [4.78, 5) is 11.6. The van der Waals surface area contributed by atoms with Crippen LogP contribution in [0.2, 0.25) is 0 Å². The van der Waals surface area contributed by atoms with Gasteiger partial charge in [0.05, 0.1) is 25.4 Å². The van der Waals surface area contributed by atoms with Crippen LogP contribution in [0, 0.1) is 50.7 Å². The lowest BCUT2D eigenvalue weighted by atomic mass is 9.41. The molecule has 5 fully saturated rings. The Kier molecular flexibility index (Phi) is 6.37. The van der Waals surface area contributed by atoms with E-state index in [-0.39, 0.29) is 34.6 Å². The highest BCUT2D eigenvalue weighted by atomic mass is 16.5. The number of carbonyl (C=O) groups excluding carboxylic acids is 1. The van der Waals surface area contributed by atoms with Gasteiger partial charge in [0.1, 0.15) is 0 Å². The minimum atomic E-state index is -0.425. The first kappa shape index (κ1) is 26.7. The molecule has 0 aromatic heterocycles. The number of rotatable bonds is 6. The van der Waals surface area contributed by atoms with Crippen molar-refractivity contribution in [2.24, 2.45) is 50.7 Å². The molecule has 0 aromatic carbocycles. The van der Waals surface area contributed by atoms with Crippen LogP contribution >= 0.6 is 0 Å². The molecule has 206 valence electrons. The lowest BCUT2D eigenvalue weighted by Gasteiger charge is -2.63. The SMILES string of the molecule is COC(=O)NCC(C[C@@H](C)[C@H]1C[C@H](O)[C@@]2(C)C3CC[C@H]4C(C)(C)[C@@H](O)CC[C@@]45CC35CC[C@]12C)OC. The van der Waals surface area contributed by atoms with E-state index in [1.807, 2.05) is 0 Å². The van der Waals surface area contributed by atoms with Gasteiger partial charge in [0.25, 0.3) is 0 Å². The molecular formula is C30H51NO5. The molecule has 3 unspecified atom stereocenters. The maximum absolute atomic E-state index is 11.8. The maximum atomic E-state index is 11.8. The van der Waals surface area contributed by atoms with Crippen molar-refractivity contribution in [3.05, 3.63) is 0 Å². The maximum Gasteiger partial charge on any atom is 0.406 e. The molecule has 0 saturated heterocycles. The van der Waals surface area contributed by atoms with Crippen LogP contribution < -0.4 is 5.32 Å². The number of ether oxygens (including phenoxy) is 2. The molecule has 0 bridgehead atoms. The number of fused-ring (bicyclic) bond motifs is 2. The third kappa shape index (κ3) is 3.28. The molecule has 6 heteroatoms. The van der Waals surface area contributed by atoms with E-state index in [0.717, 1.165) is 19.3 Å². The van der Waals surface area contributed by atoms with E-state index in [9.17, 15) is 15.0 Å². The summed E-state index contributed by atoms with van der Waals surface area (Å²) in [5.41, 5.74) is 0.752. The van der Waals surface area contributed by atoms with Gasteiger partial charge >= 0.3 is 6.09 Å². The second-order valence-corrected chi connectivity index (χ2v) is 14.5. The highest BCUT2D eigenvalue weighted by Crippen LogP contribution is 2.89. The highest BCUT2D eigenvalue weighted by molar-refractivity contribution is 5.66. The predicted molar refractivity (Wildman–Crippen MR) is 139 cm³/mol. The Labute approximate surface area is 218 Å². The Morgan fingerprint density at radius 1 is 0.972 bits per heavy atom. The second-order valence-electron chi connectivity index (χ2n) is 14.5. The normalized spacial score (nSPS) is 50.1. The van der Waals surface area contributed by atoms with Crippen molar-refractivity contribution in [1.82, 2.24) is 5.32 Å². The van der Waals surface area contributed by atoms with E-state index in [1.54, 1.807) is 7.11 Å². The average Bonchev–Trinajstić information content (AvgIpc) is 3.46. The number of aliphatic hydroxyl groups excluding tert-OH is 2. The van der Waals surface area contributed by atoms with Crippen molar-refractivity contribution >= 4 is 6.09 Å². The fraction of sp³-hybridized carbons (Fsp3) is 0.967. The number of methoxy groups -OCH3 is 2. The number of hydrogen-bond donors (Lipinski definition) is 3. The minimum Gasteiger partial charge on any atom is -0.453 e. The summed E-state index contributed by atoms with van der Waals surface area (Å²) in [6.45, 7) is 12.3. The summed E-state index contributed by atoms with van der Waals surface area (Å²) < 4.78 is 10.5. The highest BCUT2D eigenvalue weighted by Gasteiger charge is 2.83. The van der Waals surface area contributed by atoms with E-state index >= 15 is 0 Å². The van der Waals surface area contributed by atoms with Gasteiger partial charge in [0.15, 0.2) is 0 Å². The number of amides is 1. The molecule has 5 aliphatic rings. The zero-order valence-corrected chi connectivity index (χ0v) is 23.7. The number of aliphatic hydroxyl groups is 2. The van der Waals surface area contributed by atoms with Crippen LogP contribution in [0.15, 0.2) is 0 Å².